The molecule has 1 aromatic rings. The highest BCUT2D eigenvalue weighted by atomic mass is 79.9. The Bertz CT molecular complexity index is 469. The molecule has 18 heavy (non-hydrogen) atoms. The fourth-order valence-electron chi connectivity index (χ4n) is 1.90. The highest BCUT2D eigenvalue weighted by Crippen LogP contribution is 2.25. The first-order valence-electron chi connectivity index (χ1n) is 5.97. The second kappa shape index (κ2) is 4.88. The number of carbonyl (C=O) groups excluding carboxylic acids is 1. The maximum absolute atomic E-state index is 12.0. The van der Waals surface area contributed by atoms with Crippen molar-refractivity contribution in [1.82, 2.24) is 9.88 Å². The highest BCUT2D eigenvalue weighted by Gasteiger charge is 2.26. The summed E-state index contributed by atoms with van der Waals surface area (Å²) in [5, 5.41) is 0. The number of carbonyl (C=O) groups is 1. The summed E-state index contributed by atoms with van der Waals surface area (Å²) >= 11 is 3.51. The van der Waals surface area contributed by atoms with E-state index in [1.807, 2.05) is 26.8 Å². The second-order valence-corrected chi connectivity index (χ2v) is 6.22. The molecular formula is C13H17BrN2O2. The molecule has 0 unspecified atom stereocenters. The fourth-order valence-corrected chi connectivity index (χ4v) is 2.44. The van der Waals surface area contributed by atoms with E-state index < -0.39 is 5.60 Å². The third kappa shape index (κ3) is 3.02. The standard InChI is InChI=1S/C13H17BrN2O2/c1-13(2,3)18-12(17)16-7-5-9-10(14)4-6-15-11(9)8-16/h4,6H,5,7-8H2,1-3H3. The van der Waals surface area contributed by atoms with Gasteiger partial charge >= 0.3 is 6.09 Å². The number of aromatic nitrogens is 1. The van der Waals surface area contributed by atoms with Crippen molar-refractivity contribution in [2.75, 3.05) is 6.54 Å². The first kappa shape index (κ1) is 13.3. The number of amides is 1. The van der Waals surface area contributed by atoms with Gasteiger partial charge in [0.15, 0.2) is 0 Å². The third-order valence-electron chi connectivity index (χ3n) is 2.71. The molecule has 1 aliphatic heterocycles. The average Bonchev–Trinajstić information content (AvgIpc) is 2.26. The maximum atomic E-state index is 12.0. The molecule has 1 aliphatic rings. The zero-order chi connectivity index (χ0) is 13.3. The highest BCUT2D eigenvalue weighted by molar-refractivity contribution is 9.10. The van der Waals surface area contributed by atoms with Crippen molar-refractivity contribution in [1.29, 1.82) is 0 Å². The molecule has 1 aromatic heterocycles. The first-order chi connectivity index (χ1) is 8.37. The molecule has 98 valence electrons. The molecule has 0 spiro atoms. The van der Waals surface area contributed by atoms with E-state index in [9.17, 15) is 4.79 Å². The van der Waals surface area contributed by atoms with E-state index in [1.54, 1.807) is 11.1 Å². The number of fused-ring (bicyclic) bond motifs is 1. The summed E-state index contributed by atoms with van der Waals surface area (Å²) in [5.41, 5.74) is 1.68. The normalized spacial score (nSPS) is 15.2. The van der Waals surface area contributed by atoms with Crippen LogP contribution in [0.1, 0.15) is 32.0 Å². The van der Waals surface area contributed by atoms with Gasteiger partial charge < -0.3 is 9.64 Å². The van der Waals surface area contributed by atoms with Gasteiger partial charge in [0, 0.05) is 17.2 Å². The molecule has 0 saturated carbocycles. The molecule has 0 fully saturated rings. The minimum absolute atomic E-state index is 0.269. The van der Waals surface area contributed by atoms with E-state index in [2.05, 4.69) is 20.9 Å². The van der Waals surface area contributed by atoms with Crippen molar-refractivity contribution in [2.24, 2.45) is 0 Å². The monoisotopic (exact) mass is 312 g/mol. The van der Waals surface area contributed by atoms with Gasteiger partial charge in [-0.2, -0.15) is 0 Å². The summed E-state index contributed by atoms with van der Waals surface area (Å²) in [6.07, 6.45) is 2.29. The van der Waals surface area contributed by atoms with E-state index in [0.717, 1.165) is 16.6 Å². The Kier molecular flexibility index (Phi) is 3.61. The molecule has 4 nitrogen and oxygen atoms in total. The van der Waals surface area contributed by atoms with Crippen molar-refractivity contribution in [2.45, 2.75) is 39.3 Å². The second-order valence-electron chi connectivity index (χ2n) is 5.37. The number of pyridine rings is 1. The third-order valence-corrected chi connectivity index (χ3v) is 3.45. The maximum Gasteiger partial charge on any atom is 0.410 e. The Labute approximate surface area is 115 Å². The minimum atomic E-state index is -0.456. The van der Waals surface area contributed by atoms with Crippen LogP contribution in [0.4, 0.5) is 4.79 Å². The SMILES string of the molecule is CC(C)(C)OC(=O)N1CCc2c(Br)ccnc2C1. The van der Waals surface area contributed by atoms with Gasteiger partial charge in [0.05, 0.1) is 12.2 Å². The molecule has 0 aromatic carbocycles. The lowest BCUT2D eigenvalue weighted by atomic mass is 10.1. The summed E-state index contributed by atoms with van der Waals surface area (Å²) < 4.78 is 6.44. The van der Waals surface area contributed by atoms with Crippen molar-refractivity contribution >= 4 is 22.0 Å². The molecule has 2 heterocycles. The van der Waals surface area contributed by atoms with Crippen LogP contribution in [-0.2, 0) is 17.7 Å². The van der Waals surface area contributed by atoms with Gasteiger partial charge in [0.2, 0.25) is 0 Å². The number of nitrogens with zero attached hydrogens (tertiary/aromatic N) is 2. The fraction of sp³-hybridized carbons (Fsp3) is 0.538. The van der Waals surface area contributed by atoms with E-state index in [-0.39, 0.29) is 6.09 Å². The predicted octanol–water partition coefficient (Wildman–Crippen LogP) is 3.14. The van der Waals surface area contributed by atoms with Crippen molar-refractivity contribution in [3.63, 3.8) is 0 Å². The Hall–Kier alpha value is -1.10. The first-order valence-corrected chi connectivity index (χ1v) is 6.76. The van der Waals surface area contributed by atoms with Crippen LogP contribution < -0.4 is 0 Å². The summed E-state index contributed by atoms with van der Waals surface area (Å²) in [5.74, 6) is 0. The van der Waals surface area contributed by atoms with Crippen LogP contribution in [-0.4, -0.2) is 28.1 Å². The lowest BCUT2D eigenvalue weighted by molar-refractivity contribution is 0.0220. The van der Waals surface area contributed by atoms with Gasteiger partial charge in [0.1, 0.15) is 5.60 Å². The summed E-state index contributed by atoms with van der Waals surface area (Å²) in [7, 11) is 0. The van der Waals surface area contributed by atoms with E-state index in [0.29, 0.717) is 13.1 Å². The van der Waals surface area contributed by atoms with Crippen LogP contribution in [0.3, 0.4) is 0 Å². The number of rotatable bonds is 0. The topological polar surface area (TPSA) is 42.4 Å². The summed E-state index contributed by atoms with van der Waals surface area (Å²) in [6.45, 7) is 6.81. The van der Waals surface area contributed by atoms with Crippen LogP contribution >= 0.6 is 15.9 Å². The number of halogens is 1. The van der Waals surface area contributed by atoms with Crippen LogP contribution in [0.25, 0.3) is 0 Å². The Morgan fingerprint density at radius 1 is 1.50 bits per heavy atom. The zero-order valence-electron chi connectivity index (χ0n) is 10.9. The molecule has 2 rings (SSSR count). The van der Waals surface area contributed by atoms with Crippen LogP contribution in [0.15, 0.2) is 16.7 Å². The molecule has 1 amide bonds. The molecular weight excluding hydrogens is 296 g/mol. The molecule has 0 radical (unpaired) electrons. The zero-order valence-corrected chi connectivity index (χ0v) is 12.5. The lowest BCUT2D eigenvalue weighted by Crippen LogP contribution is -2.40. The molecule has 0 atom stereocenters. The van der Waals surface area contributed by atoms with Gasteiger partial charge in [-0.05, 0) is 38.8 Å². The van der Waals surface area contributed by atoms with Gasteiger partial charge in [-0.15, -0.1) is 0 Å². The Balaban J connectivity index is 2.11. The minimum Gasteiger partial charge on any atom is -0.444 e. The molecule has 0 saturated heterocycles. The van der Waals surface area contributed by atoms with Crippen molar-refractivity contribution in [3.8, 4) is 0 Å². The van der Waals surface area contributed by atoms with Crippen molar-refractivity contribution < 1.29 is 9.53 Å². The van der Waals surface area contributed by atoms with Gasteiger partial charge in [-0.1, -0.05) is 15.9 Å². The van der Waals surface area contributed by atoms with Gasteiger partial charge in [0.25, 0.3) is 0 Å². The smallest absolute Gasteiger partial charge is 0.410 e. The van der Waals surface area contributed by atoms with Gasteiger partial charge in [-0.25, -0.2) is 4.79 Å². The van der Waals surface area contributed by atoms with E-state index in [1.165, 1.54) is 5.56 Å². The van der Waals surface area contributed by atoms with Crippen LogP contribution in [0, 0.1) is 0 Å². The molecule has 0 aliphatic carbocycles. The lowest BCUT2D eigenvalue weighted by Gasteiger charge is -2.30. The summed E-state index contributed by atoms with van der Waals surface area (Å²) in [6, 6.07) is 1.93. The average molecular weight is 313 g/mol. The largest absolute Gasteiger partial charge is 0.444 e. The van der Waals surface area contributed by atoms with Gasteiger partial charge in [-0.3, -0.25) is 4.98 Å². The van der Waals surface area contributed by atoms with E-state index >= 15 is 0 Å². The van der Waals surface area contributed by atoms with E-state index in [4.69, 9.17) is 4.74 Å². The summed E-state index contributed by atoms with van der Waals surface area (Å²) in [4.78, 5) is 18.0. The number of hydrogen-bond acceptors (Lipinski definition) is 3. The molecule has 0 N–H and O–H groups in total. The molecule has 5 heteroatoms. The predicted molar refractivity (Wildman–Crippen MR) is 72.3 cm³/mol. The number of hydrogen-bond donors (Lipinski definition) is 0. The van der Waals surface area contributed by atoms with Crippen LogP contribution in [0.2, 0.25) is 0 Å². The van der Waals surface area contributed by atoms with Crippen LogP contribution in [0.5, 0.6) is 0 Å². The quantitative estimate of drug-likeness (QED) is 0.739. The molecule has 0 bridgehead atoms. The van der Waals surface area contributed by atoms with Crippen molar-refractivity contribution in [3.05, 3.63) is 28.0 Å². The number of ether oxygens (including phenoxy) is 1. The Morgan fingerprint density at radius 2 is 2.22 bits per heavy atom. The Morgan fingerprint density at radius 3 is 2.89 bits per heavy atom.